The highest BCUT2D eigenvalue weighted by Crippen LogP contribution is 2.22. The van der Waals surface area contributed by atoms with Gasteiger partial charge in [0.25, 0.3) is 0 Å². The van der Waals surface area contributed by atoms with Crippen LogP contribution in [0, 0.1) is 0 Å². The van der Waals surface area contributed by atoms with Crippen molar-refractivity contribution >= 4 is 17.8 Å². The van der Waals surface area contributed by atoms with Crippen LogP contribution >= 0.6 is 0 Å². The van der Waals surface area contributed by atoms with Crippen molar-refractivity contribution in [2.75, 3.05) is 41.8 Å². The van der Waals surface area contributed by atoms with Crippen molar-refractivity contribution in [1.29, 1.82) is 0 Å². The van der Waals surface area contributed by atoms with E-state index in [0.29, 0.717) is 24.5 Å². The molecule has 0 bridgehead atoms. The Kier molecular flexibility index (Phi) is 4.10. The van der Waals surface area contributed by atoms with Crippen LogP contribution in [0.3, 0.4) is 0 Å². The number of piperidine rings is 1. The Morgan fingerprint density at radius 3 is 2.52 bits per heavy atom. The van der Waals surface area contributed by atoms with E-state index in [1.54, 1.807) is 0 Å². The molecule has 0 aliphatic carbocycles. The molecule has 3 rings (SSSR count). The lowest BCUT2D eigenvalue weighted by Gasteiger charge is -2.37. The van der Waals surface area contributed by atoms with Gasteiger partial charge in [0.05, 0.1) is 18.8 Å². The summed E-state index contributed by atoms with van der Waals surface area (Å²) in [7, 11) is 0. The minimum atomic E-state index is 0.178. The summed E-state index contributed by atoms with van der Waals surface area (Å²) in [6.45, 7) is 7.65. The molecule has 0 saturated carbocycles. The lowest BCUT2D eigenvalue weighted by molar-refractivity contribution is 0.0337. The van der Waals surface area contributed by atoms with Crippen molar-refractivity contribution in [2.45, 2.75) is 45.3 Å². The minimum absolute atomic E-state index is 0.178. The number of anilines is 3. The number of hydrogen-bond donors (Lipinski definition) is 1. The van der Waals surface area contributed by atoms with Gasteiger partial charge in [0, 0.05) is 19.6 Å². The molecule has 21 heavy (non-hydrogen) atoms. The highest BCUT2D eigenvalue weighted by atomic mass is 16.5. The zero-order valence-corrected chi connectivity index (χ0v) is 12.8. The Hall–Kier alpha value is -1.63. The van der Waals surface area contributed by atoms with Crippen molar-refractivity contribution in [2.24, 2.45) is 0 Å². The lowest BCUT2D eigenvalue weighted by Crippen LogP contribution is -2.48. The molecular formula is C14H24N6O. The van der Waals surface area contributed by atoms with Gasteiger partial charge in [0.1, 0.15) is 0 Å². The zero-order valence-electron chi connectivity index (χ0n) is 12.8. The molecule has 2 fully saturated rings. The van der Waals surface area contributed by atoms with E-state index < -0.39 is 0 Å². The number of aromatic nitrogens is 3. The van der Waals surface area contributed by atoms with Crippen LogP contribution in [0.1, 0.15) is 33.1 Å². The van der Waals surface area contributed by atoms with Crippen molar-refractivity contribution in [3.8, 4) is 0 Å². The summed E-state index contributed by atoms with van der Waals surface area (Å²) in [5, 5.41) is 0. The first kappa shape index (κ1) is 14.3. The topological polar surface area (TPSA) is 80.4 Å². The van der Waals surface area contributed by atoms with Gasteiger partial charge in [-0.25, -0.2) is 0 Å². The Labute approximate surface area is 125 Å². The van der Waals surface area contributed by atoms with Gasteiger partial charge in [0.15, 0.2) is 0 Å². The summed E-state index contributed by atoms with van der Waals surface area (Å²) in [6.07, 6.45) is 3.83. The van der Waals surface area contributed by atoms with Crippen LogP contribution in [0.2, 0.25) is 0 Å². The second-order valence-electron chi connectivity index (χ2n) is 5.99. The third-order valence-electron chi connectivity index (χ3n) is 4.13. The maximum atomic E-state index is 5.91. The normalized spacial score (nSPS) is 27.0. The van der Waals surface area contributed by atoms with Gasteiger partial charge in [-0.1, -0.05) is 0 Å². The van der Waals surface area contributed by atoms with Crippen molar-refractivity contribution in [3.63, 3.8) is 0 Å². The standard InChI is InChI=1S/C14H24N6O/c1-10-9-21-11(2)8-20(10)14-17-12(15)16-13(18-14)19-6-4-3-5-7-19/h10-11H,3-9H2,1-2H3,(H2,15,16,17,18). The largest absolute Gasteiger partial charge is 0.375 e. The monoisotopic (exact) mass is 292 g/mol. The third kappa shape index (κ3) is 3.18. The van der Waals surface area contributed by atoms with Crippen LogP contribution in [-0.2, 0) is 4.74 Å². The van der Waals surface area contributed by atoms with Gasteiger partial charge in [-0.05, 0) is 33.1 Å². The van der Waals surface area contributed by atoms with Gasteiger partial charge >= 0.3 is 0 Å². The molecule has 2 N–H and O–H groups in total. The Morgan fingerprint density at radius 2 is 1.76 bits per heavy atom. The van der Waals surface area contributed by atoms with Gasteiger partial charge in [-0.3, -0.25) is 0 Å². The molecule has 2 aliphatic heterocycles. The van der Waals surface area contributed by atoms with E-state index in [4.69, 9.17) is 10.5 Å². The fourth-order valence-corrected chi connectivity index (χ4v) is 2.92. The third-order valence-corrected chi connectivity index (χ3v) is 4.13. The first-order valence-electron chi connectivity index (χ1n) is 7.78. The molecule has 2 saturated heterocycles. The SMILES string of the molecule is CC1CN(c2nc(N)nc(N3CCCCC3)n2)C(C)CO1. The maximum Gasteiger partial charge on any atom is 0.232 e. The highest BCUT2D eigenvalue weighted by molar-refractivity contribution is 5.44. The summed E-state index contributed by atoms with van der Waals surface area (Å²) in [6, 6.07) is 0.247. The van der Waals surface area contributed by atoms with Gasteiger partial charge in [-0.15, -0.1) is 0 Å². The number of hydrogen-bond acceptors (Lipinski definition) is 7. The molecule has 0 radical (unpaired) electrons. The summed E-state index contributed by atoms with van der Waals surface area (Å²) < 4.78 is 5.66. The van der Waals surface area contributed by atoms with E-state index in [1.807, 2.05) is 0 Å². The van der Waals surface area contributed by atoms with Crippen LogP contribution in [0.4, 0.5) is 17.8 Å². The first-order chi connectivity index (χ1) is 10.1. The number of rotatable bonds is 2. The second-order valence-corrected chi connectivity index (χ2v) is 5.99. The van der Waals surface area contributed by atoms with E-state index in [-0.39, 0.29) is 12.1 Å². The minimum Gasteiger partial charge on any atom is -0.375 e. The van der Waals surface area contributed by atoms with Gasteiger partial charge in [-0.2, -0.15) is 15.0 Å². The predicted molar refractivity (Wildman–Crippen MR) is 82.5 cm³/mol. The van der Waals surface area contributed by atoms with E-state index in [9.17, 15) is 0 Å². The molecule has 3 heterocycles. The second kappa shape index (κ2) is 6.01. The molecule has 0 amide bonds. The fourth-order valence-electron chi connectivity index (χ4n) is 2.92. The van der Waals surface area contributed by atoms with Gasteiger partial charge in [0.2, 0.25) is 17.8 Å². The molecule has 1 aromatic heterocycles. The number of nitrogens with zero attached hydrogens (tertiary/aromatic N) is 5. The number of ether oxygens (including phenoxy) is 1. The number of nitrogen functional groups attached to an aromatic ring is 1. The summed E-state index contributed by atoms with van der Waals surface area (Å²) >= 11 is 0. The van der Waals surface area contributed by atoms with E-state index in [0.717, 1.165) is 19.6 Å². The van der Waals surface area contributed by atoms with Gasteiger partial charge < -0.3 is 20.3 Å². The van der Waals surface area contributed by atoms with Crippen molar-refractivity contribution in [3.05, 3.63) is 0 Å². The van der Waals surface area contributed by atoms with Crippen LogP contribution in [0.5, 0.6) is 0 Å². The van der Waals surface area contributed by atoms with Crippen molar-refractivity contribution in [1.82, 2.24) is 15.0 Å². The first-order valence-corrected chi connectivity index (χ1v) is 7.78. The molecule has 7 nitrogen and oxygen atoms in total. The molecule has 116 valence electrons. The molecule has 0 spiro atoms. The molecule has 0 aromatic carbocycles. The molecule has 2 unspecified atom stereocenters. The summed E-state index contributed by atoms with van der Waals surface area (Å²) in [5.41, 5.74) is 5.91. The fraction of sp³-hybridized carbons (Fsp3) is 0.786. The van der Waals surface area contributed by atoms with E-state index >= 15 is 0 Å². The Balaban J connectivity index is 1.86. The smallest absolute Gasteiger partial charge is 0.232 e. The van der Waals surface area contributed by atoms with Crippen LogP contribution in [0.15, 0.2) is 0 Å². The molecule has 1 aromatic rings. The molecular weight excluding hydrogens is 268 g/mol. The molecule has 2 atom stereocenters. The predicted octanol–water partition coefficient (Wildman–Crippen LogP) is 1.06. The van der Waals surface area contributed by atoms with Crippen molar-refractivity contribution < 1.29 is 4.74 Å². The summed E-state index contributed by atoms with van der Waals surface area (Å²) in [5.74, 6) is 1.68. The highest BCUT2D eigenvalue weighted by Gasteiger charge is 2.27. The number of morpholine rings is 1. The lowest BCUT2D eigenvalue weighted by atomic mass is 10.1. The van der Waals surface area contributed by atoms with E-state index in [1.165, 1.54) is 19.3 Å². The quantitative estimate of drug-likeness (QED) is 0.872. The van der Waals surface area contributed by atoms with E-state index in [2.05, 4.69) is 38.6 Å². The maximum absolute atomic E-state index is 5.91. The number of nitrogens with two attached hydrogens (primary N) is 1. The molecule has 2 aliphatic rings. The van der Waals surface area contributed by atoms with Crippen LogP contribution < -0.4 is 15.5 Å². The van der Waals surface area contributed by atoms with Crippen LogP contribution in [0.25, 0.3) is 0 Å². The zero-order chi connectivity index (χ0) is 14.8. The Bertz CT molecular complexity index is 490. The average molecular weight is 292 g/mol. The average Bonchev–Trinajstić information content (AvgIpc) is 2.50. The Morgan fingerprint density at radius 1 is 1.05 bits per heavy atom. The van der Waals surface area contributed by atoms with Crippen LogP contribution in [-0.4, -0.2) is 53.3 Å². The molecule has 7 heteroatoms. The summed E-state index contributed by atoms with van der Waals surface area (Å²) in [4.78, 5) is 17.7.